The molecule has 0 fully saturated rings. The monoisotopic (exact) mass is 387 g/mol. The molecule has 0 aliphatic carbocycles. The van der Waals surface area contributed by atoms with Crippen LogP contribution >= 0.6 is 0 Å². The average Bonchev–Trinajstić information content (AvgIpc) is 3.35. The van der Waals surface area contributed by atoms with Crippen molar-refractivity contribution in [2.45, 2.75) is 32.8 Å². The second kappa shape index (κ2) is 7.71. The van der Waals surface area contributed by atoms with Crippen LogP contribution in [0.25, 0.3) is 11.4 Å². The SMILES string of the molecule is COC(=O)c1coc(COc2ccc(-c3noc(C(C)(C)C)n3)cc2OC)n1. The third-order valence-electron chi connectivity index (χ3n) is 3.79. The number of carbonyl (C=O) groups is 1. The molecule has 0 radical (unpaired) electrons. The maximum atomic E-state index is 11.4. The number of nitrogens with zero attached hydrogens (tertiary/aromatic N) is 3. The molecule has 0 saturated heterocycles. The fourth-order valence-corrected chi connectivity index (χ4v) is 2.29. The molecule has 0 bridgehead atoms. The lowest BCUT2D eigenvalue weighted by Gasteiger charge is -2.11. The summed E-state index contributed by atoms with van der Waals surface area (Å²) in [6.07, 6.45) is 1.22. The van der Waals surface area contributed by atoms with Crippen molar-refractivity contribution in [3.8, 4) is 22.9 Å². The van der Waals surface area contributed by atoms with Crippen LogP contribution in [0, 0.1) is 0 Å². The Hall–Kier alpha value is -3.36. The second-order valence-electron chi connectivity index (χ2n) is 6.95. The Bertz CT molecular complexity index is 970. The summed E-state index contributed by atoms with van der Waals surface area (Å²) >= 11 is 0. The van der Waals surface area contributed by atoms with Gasteiger partial charge < -0.3 is 23.2 Å². The van der Waals surface area contributed by atoms with Gasteiger partial charge in [-0.25, -0.2) is 9.78 Å². The number of aromatic nitrogens is 3. The van der Waals surface area contributed by atoms with Crippen molar-refractivity contribution >= 4 is 5.97 Å². The van der Waals surface area contributed by atoms with E-state index in [1.807, 2.05) is 20.8 Å². The molecule has 2 heterocycles. The van der Waals surface area contributed by atoms with Crippen LogP contribution in [0.3, 0.4) is 0 Å². The zero-order valence-corrected chi connectivity index (χ0v) is 16.3. The molecule has 9 nitrogen and oxygen atoms in total. The maximum absolute atomic E-state index is 11.4. The first-order valence-electron chi connectivity index (χ1n) is 8.50. The van der Waals surface area contributed by atoms with E-state index in [0.717, 1.165) is 5.56 Å². The summed E-state index contributed by atoms with van der Waals surface area (Å²) in [5.41, 5.74) is 0.569. The van der Waals surface area contributed by atoms with Crippen LogP contribution < -0.4 is 9.47 Å². The van der Waals surface area contributed by atoms with Gasteiger partial charge in [-0.15, -0.1) is 0 Å². The first-order valence-corrected chi connectivity index (χ1v) is 8.50. The molecular formula is C19H21N3O6. The summed E-state index contributed by atoms with van der Waals surface area (Å²) in [5, 5.41) is 4.03. The zero-order valence-electron chi connectivity index (χ0n) is 16.3. The largest absolute Gasteiger partial charge is 0.493 e. The van der Waals surface area contributed by atoms with Gasteiger partial charge >= 0.3 is 5.97 Å². The minimum Gasteiger partial charge on any atom is -0.493 e. The number of hydrogen-bond donors (Lipinski definition) is 0. The Morgan fingerprint density at radius 2 is 1.93 bits per heavy atom. The first-order chi connectivity index (χ1) is 13.3. The molecule has 3 aromatic rings. The summed E-state index contributed by atoms with van der Waals surface area (Å²) in [6.45, 7) is 6.01. The van der Waals surface area contributed by atoms with Crippen LogP contribution in [0.15, 0.2) is 33.4 Å². The van der Waals surface area contributed by atoms with Crippen LogP contribution in [-0.2, 0) is 16.8 Å². The number of carbonyl (C=O) groups excluding carboxylic acids is 1. The van der Waals surface area contributed by atoms with Crippen molar-refractivity contribution in [3.05, 3.63) is 41.9 Å². The van der Waals surface area contributed by atoms with E-state index < -0.39 is 5.97 Å². The molecular weight excluding hydrogens is 366 g/mol. The van der Waals surface area contributed by atoms with Crippen LogP contribution in [0.4, 0.5) is 0 Å². The van der Waals surface area contributed by atoms with Crippen molar-refractivity contribution in [2.75, 3.05) is 14.2 Å². The Kier molecular flexibility index (Phi) is 5.34. The summed E-state index contributed by atoms with van der Waals surface area (Å²) in [4.78, 5) is 19.9. The van der Waals surface area contributed by atoms with Gasteiger partial charge in [-0.1, -0.05) is 25.9 Å². The fourth-order valence-electron chi connectivity index (χ4n) is 2.29. The number of esters is 1. The minimum atomic E-state index is -0.577. The third-order valence-corrected chi connectivity index (χ3v) is 3.79. The number of oxazole rings is 1. The van der Waals surface area contributed by atoms with Crippen LogP contribution in [0.1, 0.15) is 43.0 Å². The van der Waals surface area contributed by atoms with Crippen LogP contribution in [0.5, 0.6) is 11.5 Å². The van der Waals surface area contributed by atoms with Gasteiger partial charge in [0.1, 0.15) is 6.26 Å². The molecule has 0 saturated carbocycles. The third kappa shape index (κ3) is 4.13. The zero-order chi connectivity index (χ0) is 20.3. The molecule has 3 rings (SSSR count). The molecule has 9 heteroatoms. The van der Waals surface area contributed by atoms with E-state index >= 15 is 0 Å². The predicted octanol–water partition coefficient (Wildman–Crippen LogP) is 3.40. The number of hydrogen-bond acceptors (Lipinski definition) is 9. The van der Waals surface area contributed by atoms with Crippen LogP contribution in [0.2, 0.25) is 0 Å². The summed E-state index contributed by atoms with van der Waals surface area (Å²) < 4.78 is 26.2. The predicted molar refractivity (Wildman–Crippen MR) is 97.2 cm³/mol. The number of methoxy groups -OCH3 is 2. The molecule has 1 aromatic carbocycles. The van der Waals surface area contributed by atoms with Gasteiger partial charge in [-0.2, -0.15) is 4.98 Å². The summed E-state index contributed by atoms with van der Waals surface area (Å²) in [6, 6.07) is 5.28. The smallest absolute Gasteiger partial charge is 0.360 e. The molecule has 148 valence electrons. The quantitative estimate of drug-likeness (QED) is 0.588. The highest BCUT2D eigenvalue weighted by Gasteiger charge is 2.22. The van der Waals surface area contributed by atoms with E-state index in [1.54, 1.807) is 18.2 Å². The Morgan fingerprint density at radius 1 is 1.14 bits per heavy atom. The van der Waals surface area contributed by atoms with E-state index in [2.05, 4.69) is 19.9 Å². The Morgan fingerprint density at radius 3 is 2.57 bits per heavy atom. The standard InChI is InChI=1S/C19H21N3O6/c1-19(2,3)18-21-16(22-28-18)11-6-7-13(14(8-11)24-4)26-10-15-20-12(9-27-15)17(23)25-5/h6-9H,10H2,1-5H3. The molecule has 0 N–H and O–H groups in total. The van der Waals surface area contributed by atoms with E-state index in [9.17, 15) is 4.79 Å². The Balaban J connectivity index is 1.75. The molecule has 28 heavy (non-hydrogen) atoms. The normalized spacial score (nSPS) is 11.3. The topological polar surface area (TPSA) is 110 Å². The van der Waals surface area contributed by atoms with Crippen molar-refractivity contribution in [2.24, 2.45) is 0 Å². The number of rotatable bonds is 6. The molecule has 0 aliphatic heterocycles. The minimum absolute atomic E-state index is 0.0169. The molecule has 0 aliphatic rings. The van der Waals surface area contributed by atoms with Gasteiger partial charge in [0.25, 0.3) is 0 Å². The highest BCUT2D eigenvalue weighted by Crippen LogP contribution is 2.33. The van der Waals surface area contributed by atoms with Gasteiger partial charge in [0.15, 0.2) is 23.8 Å². The molecule has 2 aromatic heterocycles. The number of benzene rings is 1. The van der Waals surface area contributed by atoms with E-state index in [-0.39, 0.29) is 23.6 Å². The molecule has 0 spiro atoms. The van der Waals surface area contributed by atoms with Gasteiger partial charge in [0.05, 0.1) is 14.2 Å². The van der Waals surface area contributed by atoms with Crippen LogP contribution in [-0.4, -0.2) is 35.3 Å². The average molecular weight is 387 g/mol. The molecule has 0 unspecified atom stereocenters. The lowest BCUT2D eigenvalue weighted by molar-refractivity contribution is 0.0594. The highest BCUT2D eigenvalue weighted by molar-refractivity contribution is 5.86. The van der Waals surface area contributed by atoms with Gasteiger partial charge in [0, 0.05) is 11.0 Å². The van der Waals surface area contributed by atoms with Crippen molar-refractivity contribution in [3.63, 3.8) is 0 Å². The maximum Gasteiger partial charge on any atom is 0.360 e. The highest BCUT2D eigenvalue weighted by atomic mass is 16.5. The molecule has 0 atom stereocenters. The lowest BCUT2D eigenvalue weighted by atomic mass is 9.97. The van der Waals surface area contributed by atoms with E-state index in [0.29, 0.717) is 23.2 Å². The van der Waals surface area contributed by atoms with Crippen molar-refractivity contribution in [1.29, 1.82) is 0 Å². The van der Waals surface area contributed by atoms with Crippen molar-refractivity contribution in [1.82, 2.24) is 15.1 Å². The summed E-state index contributed by atoms with van der Waals surface area (Å²) in [5.74, 6) is 1.63. The lowest BCUT2D eigenvalue weighted by Crippen LogP contribution is -2.11. The second-order valence-corrected chi connectivity index (χ2v) is 6.95. The van der Waals surface area contributed by atoms with Gasteiger partial charge in [0.2, 0.25) is 17.6 Å². The van der Waals surface area contributed by atoms with E-state index in [4.69, 9.17) is 18.4 Å². The van der Waals surface area contributed by atoms with E-state index in [1.165, 1.54) is 20.5 Å². The first kappa shape index (κ1) is 19.4. The summed E-state index contributed by atoms with van der Waals surface area (Å²) in [7, 11) is 2.80. The van der Waals surface area contributed by atoms with Gasteiger partial charge in [-0.3, -0.25) is 0 Å². The fraction of sp³-hybridized carbons (Fsp3) is 0.368. The van der Waals surface area contributed by atoms with Crippen molar-refractivity contribution < 1.29 is 27.9 Å². The number of ether oxygens (including phenoxy) is 3. The molecule has 0 amide bonds. The van der Waals surface area contributed by atoms with Gasteiger partial charge in [-0.05, 0) is 18.2 Å². The Labute approximate surface area is 161 Å².